The van der Waals surface area contributed by atoms with E-state index in [4.69, 9.17) is 0 Å². The fourth-order valence-corrected chi connectivity index (χ4v) is 1.71. The Balaban J connectivity index is 2.89. The molecule has 3 nitrogen and oxygen atoms in total. The van der Waals surface area contributed by atoms with E-state index >= 15 is 0 Å². The lowest BCUT2D eigenvalue weighted by molar-refractivity contribution is -0.141. The van der Waals surface area contributed by atoms with Crippen molar-refractivity contribution < 1.29 is 23.1 Å². The van der Waals surface area contributed by atoms with Gasteiger partial charge in [-0.2, -0.15) is 0 Å². The molecule has 6 heteroatoms. The Kier molecular flexibility index (Phi) is 4.74. The van der Waals surface area contributed by atoms with Gasteiger partial charge in [0.05, 0.1) is 6.61 Å². The topological polar surface area (TPSA) is 43.4 Å². The predicted octanol–water partition coefficient (Wildman–Crippen LogP) is 2.86. The minimum Gasteiger partial charge on any atom is -0.466 e. The maximum absolute atomic E-state index is 12.9. The normalized spacial score (nSPS) is 10.1. The largest absolute Gasteiger partial charge is 0.466 e. The first-order valence-electron chi connectivity index (χ1n) is 4.79. The van der Waals surface area contributed by atoms with Crippen LogP contribution in [0.2, 0.25) is 0 Å². The van der Waals surface area contributed by atoms with Crippen LogP contribution in [0, 0.1) is 11.6 Å². The Labute approximate surface area is 105 Å². The highest BCUT2D eigenvalue weighted by molar-refractivity contribution is 9.10. The van der Waals surface area contributed by atoms with E-state index in [2.05, 4.69) is 20.7 Å². The zero-order chi connectivity index (χ0) is 13.0. The summed E-state index contributed by atoms with van der Waals surface area (Å²) in [6.45, 7) is 1.76. The van der Waals surface area contributed by atoms with Crippen LogP contribution >= 0.6 is 15.9 Å². The highest BCUT2D eigenvalue weighted by Gasteiger charge is 2.18. The zero-order valence-electron chi connectivity index (χ0n) is 8.93. The van der Waals surface area contributed by atoms with Gasteiger partial charge in [-0.05, 0) is 35.0 Å². The molecule has 1 aromatic carbocycles. The lowest BCUT2D eigenvalue weighted by atomic mass is 10.1. The van der Waals surface area contributed by atoms with Crippen LogP contribution in [0.4, 0.5) is 8.78 Å². The molecule has 0 saturated carbocycles. The second-order valence-electron chi connectivity index (χ2n) is 3.15. The number of Topliss-reactive ketones (excluding diaryl/α,β-unsaturated/α-hetero) is 1. The average molecular weight is 307 g/mol. The van der Waals surface area contributed by atoms with Gasteiger partial charge in [0, 0.05) is 10.0 Å². The monoisotopic (exact) mass is 306 g/mol. The van der Waals surface area contributed by atoms with Crippen molar-refractivity contribution in [3.8, 4) is 0 Å². The summed E-state index contributed by atoms with van der Waals surface area (Å²) in [6, 6.07) is 1.59. The van der Waals surface area contributed by atoms with Gasteiger partial charge < -0.3 is 4.74 Å². The number of carbonyl (C=O) groups is 2. The van der Waals surface area contributed by atoms with Crippen molar-refractivity contribution in [2.24, 2.45) is 0 Å². The van der Waals surface area contributed by atoms with Crippen LogP contribution in [0.1, 0.15) is 23.7 Å². The number of hydrogen-bond donors (Lipinski definition) is 0. The summed E-state index contributed by atoms with van der Waals surface area (Å²) in [5, 5.41) is 0. The van der Waals surface area contributed by atoms with Crippen LogP contribution in [-0.4, -0.2) is 18.4 Å². The summed E-state index contributed by atoms with van der Waals surface area (Å²) < 4.78 is 30.4. The fourth-order valence-electron chi connectivity index (χ4n) is 1.17. The standard InChI is InChI=1S/C11H9BrF2O3/c1-2-17-11(16)5-10(15)6-3-8(13)9(14)4-7(6)12/h3-4H,2,5H2,1H3. The quantitative estimate of drug-likeness (QED) is 0.372. The lowest BCUT2D eigenvalue weighted by Crippen LogP contribution is -2.12. The summed E-state index contributed by atoms with van der Waals surface area (Å²) in [5.41, 5.74) is -0.0862. The van der Waals surface area contributed by atoms with E-state index in [-0.39, 0.29) is 16.6 Å². The van der Waals surface area contributed by atoms with Gasteiger partial charge in [0.25, 0.3) is 0 Å². The molecule has 0 spiro atoms. The molecule has 0 aliphatic rings. The maximum Gasteiger partial charge on any atom is 0.313 e. The molecule has 92 valence electrons. The molecule has 0 aliphatic heterocycles. The number of ketones is 1. The molecular formula is C11H9BrF2O3. The minimum absolute atomic E-state index is 0.0862. The molecule has 0 fully saturated rings. The molecule has 0 bridgehead atoms. The van der Waals surface area contributed by atoms with Crippen molar-refractivity contribution in [3.05, 3.63) is 33.8 Å². The molecule has 0 N–H and O–H groups in total. The molecule has 0 aromatic heterocycles. The van der Waals surface area contributed by atoms with E-state index < -0.39 is 29.8 Å². The van der Waals surface area contributed by atoms with Crippen molar-refractivity contribution in [2.45, 2.75) is 13.3 Å². The molecule has 17 heavy (non-hydrogen) atoms. The Hall–Kier alpha value is -1.30. The van der Waals surface area contributed by atoms with Gasteiger partial charge >= 0.3 is 5.97 Å². The third kappa shape index (κ3) is 3.59. The van der Waals surface area contributed by atoms with E-state index in [0.29, 0.717) is 0 Å². The molecule has 1 aromatic rings. The van der Waals surface area contributed by atoms with E-state index in [9.17, 15) is 18.4 Å². The molecule has 0 heterocycles. The SMILES string of the molecule is CCOC(=O)CC(=O)c1cc(F)c(F)cc1Br. The first-order chi connectivity index (χ1) is 7.95. The highest BCUT2D eigenvalue weighted by atomic mass is 79.9. The number of rotatable bonds is 4. The first kappa shape index (κ1) is 13.8. The first-order valence-corrected chi connectivity index (χ1v) is 5.58. The molecule has 0 amide bonds. The summed E-state index contributed by atoms with van der Waals surface area (Å²) in [4.78, 5) is 22.7. The summed E-state index contributed by atoms with van der Waals surface area (Å²) in [6.07, 6.45) is -0.502. The minimum atomic E-state index is -1.14. The van der Waals surface area contributed by atoms with E-state index in [0.717, 1.165) is 12.1 Å². The Morgan fingerprint density at radius 2 is 1.88 bits per heavy atom. The van der Waals surface area contributed by atoms with Crippen molar-refractivity contribution in [3.63, 3.8) is 0 Å². The average Bonchev–Trinajstić information content (AvgIpc) is 2.23. The smallest absolute Gasteiger partial charge is 0.313 e. The Bertz CT molecular complexity index is 460. The van der Waals surface area contributed by atoms with E-state index in [1.807, 2.05) is 0 Å². The van der Waals surface area contributed by atoms with Crippen molar-refractivity contribution in [1.82, 2.24) is 0 Å². The number of halogens is 3. The summed E-state index contributed by atoms with van der Waals surface area (Å²) >= 11 is 2.93. The van der Waals surface area contributed by atoms with Crippen LogP contribution in [0.5, 0.6) is 0 Å². The molecular weight excluding hydrogens is 298 g/mol. The number of benzene rings is 1. The van der Waals surface area contributed by atoms with Gasteiger partial charge in [0.2, 0.25) is 0 Å². The second-order valence-corrected chi connectivity index (χ2v) is 4.01. The van der Waals surface area contributed by atoms with Crippen LogP contribution in [-0.2, 0) is 9.53 Å². The molecule has 0 atom stereocenters. The maximum atomic E-state index is 12.9. The van der Waals surface area contributed by atoms with Crippen LogP contribution in [0.3, 0.4) is 0 Å². The molecule has 0 radical (unpaired) electrons. The number of carbonyl (C=O) groups excluding carboxylic acids is 2. The number of hydrogen-bond acceptors (Lipinski definition) is 3. The number of ether oxygens (including phenoxy) is 1. The van der Waals surface area contributed by atoms with E-state index in [1.165, 1.54) is 0 Å². The van der Waals surface area contributed by atoms with Gasteiger partial charge in [-0.1, -0.05) is 0 Å². The van der Waals surface area contributed by atoms with Crippen LogP contribution < -0.4 is 0 Å². The predicted molar refractivity (Wildman–Crippen MR) is 59.6 cm³/mol. The number of esters is 1. The van der Waals surface area contributed by atoms with Crippen molar-refractivity contribution in [2.75, 3.05) is 6.61 Å². The second kappa shape index (κ2) is 5.86. The summed E-state index contributed by atoms with van der Waals surface area (Å²) in [5.74, 6) is -3.53. The van der Waals surface area contributed by atoms with Crippen LogP contribution in [0.15, 0.2) is 16.6 Å². The van der Waals surface area contributed by atoms with Crippen molar-refractivity contribution >= 4 is 27.7 Å². The van der Waals surface area contributed by atoms with Gasteiger partial charge in [0.15, 0.2) is 17.4 Å². The summed E-state index contributed by atoms with van der Waals surface area (Å²) in [7, 11) is 0. The highest BCUT2D eigenvalue weighted by Crippen LogP contribution is 2.22. The zero-order valence-corrected chi connectivity index (χ0v) is 10.5. The van der Waals surface area contributed by atoms with Crippen molar-refractivity contribution in [1.29, 1.82) is 0 Å². The third-order valence-electron chi connectivity index (χ3n) is 1.92. The van der Waals surface area contributed by atoms with Gasteiger partial charge in [-0.15, -0.1) is 0 Å². The molecule has 0 unspecified atom stereocenters. The molecule has 0 saturated heterocycles. The van der Waals surface area contributed by atoms with Gasteiger partial charge in [0.1, 0.15) is 6.42 Å². The Morgan fingerprint density at radius 1 is 1.29 bits per heavy atom. The van der Waals surface area contributed by atoms with Gasteiger partial charge in [-0.25, -0.2) is 8.78 Å². The third-order valence-corrected chi connectivity index (χ3v) is 2.58. The lowest BCUT2D eigenvalue weighted by Gasteiger charge is -2.04. The Morgan fingerprint density at radius 3 is 2.47 bits per heavy atom. The fraction of sp³-hybridized carbons (Fsp3) is 0.273. The van der Waals surface area contributed by atoms with E-state index in [1.54, 1.807) is 6.92 Å². The molecule has 1 rings (SSSR count). The van der Waals surface area contributed by atoms with Gasteiger partial charge in [-0.3, -0.25) is 9.59 Å². The molecule has 0 aliphatic carbocycles. The van der Waals surface area contributed by atoms with Crippen LogP contribution in [0.25, 0.3) is 0 Å².